The third kappa shape index (κ3) is 2.42. The van der Waals surface area contributed by atoms with E-state index in [9.17, 15) is 4.79 Å². The molecule has 2 heterocycles. The molecular weight excluding hydrogens is 292 g/mol. The third-order valence-corrected chi connectivity index (χ3v) is 5.63. The zero-order chi connectivity index (χ0) is 14.3. The van der Waals surface area contributed by atoms with Crippen molar-refractivity contribution in [3.63, 3.8) is 0 Å². The van der Waals surface area contributed by atoms with Crippen LogP contribution in [-0.4, -0.2) is 15.6 Å². The molecule has 0 N–H and O–H groups in total. The predicted molar refractivity (Wildman–Crippen MR) is 82.0 cm³/mol. The summed E-state index contributed by atoms with van der Waals surface area (Å²) in [6.45, 7) is 1.90. The first-order valence-electron chi connectivity index (χ1n) is 6.89. The third-order valence-electron chi connectivity index (χ3n) is 3.88. The van der Waals surface area contributed by atoms with Crippen LogP contribution in [0.2, 0.25) is 5.15 Å². The van der Waals surface area contributed by atoms with E-state index in [0.717, 1.165) is 29.0 Å². The van der Waals surface area contributed by atoms with Gasteiger partial charge in [0.05, 0.1) is 10.6 Å². The molecule has 0 spiro atoms. The van der Waals surface area contributed by atoms with Crippen LogP contribution in [0, 0.1) is 6.92 Å². The number of rotatable bonds is 3. The van der Waals surface area contributed by atoms with Gasteiger partial charge in [-0.1, -0.05) is 11.6 Å². The summed E-state index contributed by atoms with van der Waals surface area (Å²) in [6.07, 6.45) is 5.07. The molecule has 0 aromatic carbocycles. The highest BCUT2D eigenvalue weighted by Crippen LogP contribution is 2.31. The van der Waals surface area contributed by atoms with Gasteiger partial charge in [0.25, 0.3) is 0 Å². The Bertz CT molecular complexity index is 648. The van der Waals surface area contributed by atoms with Gasteiger partial charge < -0.3 is 0 Å². The quantitative estimate of drug-likeness (QED) is 0.809. The smallest absolute Gasteiger partial charge is 0.177 e. The molecule has 0 saturated carbocycles. The van der Waals surface area contributed by atoms with E-state index >= 15 is 0 Å². The summed E-state index contributed by atoms with van der Waals surface area (Å²) in [5.41, 5.74) is 3.07. The number of hydrogen-bond donors (Lipinski definition) is 0. The van der Waals surface area contributed by atoms with Gasteiger partial charge in [0, 0.05) is 23.9 Å². The maximum Gasteiger partial charge on any atom is 0.177 e. The summed E-state index contributed by atoms with van der Waals surface area (Å²) < 4.78 is 1.62. The van der Waals surface area contributed by atoms with E-state index in [1.165, 1.54) is 23.3 Å². The highest BCUT2D eigenvalue weighted by atomic mass is 35.5. The Kier molecular flexibility index (Phi) is 3.69. The minimum absolute atomic E-state index is 0.155. The zero-order valence-electron chi connectivity index (χ0n) is 11.7. The molecular formula is C15H17ClN2OS. The van der Waals surface area contributed by atoms with Crippen LogP contribution in [0.1, 0.15) is 44.2 Å². The summed E-state index contributed by atoms with van der Waals surface area (Å²) in [5.74, 6) is 0.155. The number of fused-ring (bicyclic) bond motifs is 1. The number of aryl methyl sites for hydroxylation is 4. The van der Waals surface area contributed by atoms with Gasteiger partial charge in [-0.15, -0.1) is 11.3 Å². The molecule has 1 aliphatic rings. The second kappa shape index (κ2) is 5.34. The predicted octanol–water partition coefficient (Wildman–Crippen LogP) is 3.75. The molecule has 0 aliphatic heterocycles. The first kappa shape index (κ1) is 13.8. The van der Waals surface area contributed by atoms with E-state index in [1.54, 1.807) is 23.1 Å². The fourth-order valence-corrected chi connectivity index (χ4v) is 4.18. The van der Waals surface area contributed by atoms with E-state index in [2.05, 4.69) is 11.2 Å². The fourth-order valence-electron chi connectivity index (χ4n) is 2.75. The largest absolute Gasteiger partial charge is 0.293 e. The lowest BCUT2D eigenvalue weighted by Crippen LogP contribution is -2.02. The summed E-state index contributed by atoms with van der Waals surface area (Å²) in [4.78, 5) is 14.7. The Morgan fingerprint density at radius 1 is 1.45 bits per heavy atom. The second-order valence-electron chi connectivity index (χ2n) is 5.34. The van der Waals surface area contributed by atoms with E-state index < -0.39 is 0 Å². The van der Waals surface area contributed by atoms with E-state index in [4.69, 9.17) is 11.6 Å². The van der Waals surface area contributed by atoms with Crippen LogP contribution in [0.4, 0.5) is 0 Å². The lowest BCUT2D eigenvalue weighted by molar-refractivity contribution is 0.0996. The molecule has 0 unspecified atom stereocenters. The van der Waals surface area contributed by atoms with Crippen LogP contribution < -0.4 is 0 Å². The molecule has 2 aromatic heterocycles. The Labute approximate surface area is 127 Å². The number of halogens is 1. The standard InChI is InChI=1S/C15H17ClN2OS/c1-9-11(15(16)18(2)17-9)8-12(19)14-7-10-5-3-4-6-13(10)20-14/h7H,3-6,8H2,1-2H3. The first-order chi connectivity index (χ1) is 9.56. The van der Waals surface area contributed by atoms with Crippen molar-refractivity contribution in [2.24, 2.45) is 7.05 Å². The molecule has 2 aromatic rings. The molecule has 0 fully saturated rings. The Balaban J connectivity index is 1.84. The Hall–Kier alpha value is -1.13. The SMILES string of the molecule is Cc1nn(C)c(Cl)c1CC(=O)c1cc2c(s1)CCCC2. The molecule has 0 amide bonds. The number of aromatic nitrogens is 2. The number of nitrogens with zero attached hydrogens (tertiary/aromatic N) is 2. The van der Waals surface area contributed by atoms with Gasteiger partial charge in [-0.05, 0) is 44.2 Å². The van der Waals surface area contributed by atoms with Gasteiger partial charge in [0.15, 0.2) is 5.78 Å². The summed E-state index contributed by atoms with van der Waals surface area (Å²) in [7, 11) is 1.80. The molecule has 0 saturated heterocycles. The van der Waals surface area contributed by atoms with Gasteiger partial charge in [-0.2, -0.15) is 5.10 Å². The highest BCUT2D eigenvalue weighted by Gasteiger charge is 2.20. The van der Waals surface area contributed by atoms with Crippen LogP contribution in [0.3, 0.4) is 0 Å². The topological polar surface area (TPSA) is 34.9 Å². The molecule has 106 valence electrons. The highest BCUT2D eigenvalue weighted by molar-refractivity contribution is 7.14. The van der Waals surface area contributed by atoms with E-state index in [1.807, 2.05) is 6.92 Å². The normalized spacial score (nSPS) is 14.3. The average molecular weight is 309 g/mol. The van der Waals surface area contributed by atoms with Crippen molar-refractivity contribution < 1.29 is 4.79 Å². The van der Waals surface area contributed by atoms with Crippen molar-refractivity contribution in [1.29, 1.82) is 0 Å². The van der Waals surface area contributed by atoms with Crippen LogP contribution >= 0.6 is 22.9 Å². The summed E-state index contributed by atoms with van der Waals surface area (Å²) in [5, 5.41) is 4.83. The van der Waals surface area contributed by atoms with Crippen LogP contribution in [0.5, 0.6) is 0 Å². The zero-order valence-corrected chi connectivity index (χ0v) is 13.3. The lowest BCUT2D eigenvalue weighted by atomic mass is 9.98. The van der Waals surface area contributed by atoms with E-state index in [-0.39, 0.29) is 5.78 Å². The van der Waals surface area contributed by atoms with Crippen LogP contribution in [-0.2, 0) is 26.3 Å². The molecule has 1 aliphatic carbocycles. The molecule has 0 bridgehead atoms. The van der Waals surface area contributed by atoms with Crippen molar-refractivity contribution in [3.8, 4) is 0 Å². The number of hydrogen-bond acceptors (Lipinski definition) is 3. The van der Waals surface area contributed by atoms with Gasteiger partial charge >= 0.3 is 0 Å². The van der Waals surface area contributed by atoms with Gasteiger partial charge in [-0.3, -0.25) is 9.48 Å². The Morgan fingerprint density at radius 2 is 2.20 bits per heavy atom. The lowest BCUT2D eigenvalue weighted by Gasteiger charge is -2.08. The Morgan fingerprint density at radius 3 is 2.85 bits per heavy atom. The molecule has 0 radical (unpaired) electrons. The van der Waals surface area contributed by atoms with Gasteiger partial charge in [0.2, 0.25) is 0 Å². The fraction of sp³-hybridized carbons (Fsp3) is 0.467. The second-order valence-corrected chi connectivity index (χ2v) is 6.84. The average Bonchev–Trinajstić information content (AvgIpc) is 2.95. The van der Waals surface area contributed by atoms with Crippen molar-refractivity contribution in [2.45, 2.75) is 39.0 Å². The summed E-state index contributed by atoms with van der Waals surface area (Å²) in [6, 6.07) is 2.08. The molecule has 20 heavy (non-hydrogen) atoms. The van der Waals surface area contributed by atoms with Crippen molar-refractivity contribution in [2.75, 3.05) is 0 Å². The van der Waals surface area contributed by atoms with E-state index in [0.29, 0.717) is 11.6 Å². The molecule has 3 rings (SSSR count). The summed E-state index contributed by atoms with van der Waals surface area (Å²) >= 11 is 7.86. The van der Waals surface area contributed by atoms with Crippen molar-refractivity contribution in [3.05, 3.63) is 37.8 Å². The minimum Gasteiger partial charge on any atom is -0.293 e. The van der Waals surface area contributed by atoms with Crippen molar-refractivity contribution >= 4 is 28.7 Å². The van der Waals surface area contributed by atoms with Gasteiger partial charge in [-0.25, -0.2) is 0 Å². The maximum atomic E-state index is 12.5. The number of carbonyl (C=O) groups excluding carboxylic acids is 1. The molecule has 0 atom stereocenters. The van der Waals surface area contributed by atoms with Crippen molar-refractivity contribution in [1.82, 2.24) is 9.78 Å². The van der Waals surface area contributed by atoms with Crippen LogP contribution in [0.15, 0.2) is 6.07 Å². The number of ketones is 1. The van der Waals surface area contributed by atoms with Crippen LogP contribution in [0.25, 0.3) is 0 Å². The monoisotopic (exact) mass is 308 g/mol. The number of carbonyl (C=O) groups is 1. The van der Waals surface area contributed by atoms with Gasteiger partial charge in [0.1, 0.15) is 5.15 Å². The molecule has 3 nitrogen and oxygen atoms in total. The number of thiophene rings is 1. The molecule has 5 heteroatoms. The first-order valence-corrected chi connectivity index (χ1v) is 8.08. The minimum atomic E-state index is 0.155. The number of Topliss-reactive ketones (excluding diaryl/α,β-unsaturated/α-hetero) is 1. The maximum absolute atomic E-state index is 12.5.